The summed E-state index contributed by atoms with van der Waals surface area (Å²) in [5, 5.41) is -0.696. The second-order valence-corrected chi connectivity index (χ2v) is 19.3. The Morgan fingerprint density at radius 1 is 0.978 bits per heavy atom. The summed E-state index contributed by atoms with van der Waals surface area (Å²) in [6.07, 6.45) is -0.626. The molecule has 0 aliphatic carbocycles. The van der Waals surface area contributed by atoms with Crippen LogP contribution < -0.4 is 19.6 Å². The predicted molar refractivity (Wildman–Crippen MR) is 154 cm³/mol. The number of carbonyl (C=O) groups excluding carboxylic acids is 2. The normalized spacial score (nSPS) is 15.4. The van der Waals surface area contributed by atoms with Gasteiger partial charge in [-0.15, -0.1) is 0 Å². The molecule has 18 nitrogen and oxygen atoms in total. The zero-order valence-corrected chi connectivity index (χ0v) is 29.8. The van der Waals surface area contributed by atoms with E-state index in [0.717, 1.165) is 7.11 Å². The third-order valence-corrected chi connectivity index (χ3v) is 12.4. The van der Waals surface area contributed by atoms with Crippen LogP contribution in [0.25, 0.3) is 0 Å². The Balaban J connectivity index is -0.000000677. The van der Waals surface area contributed by atoms with Crippen molar-refractivity contribution in [3.63, 3.8) is 0 Å². The van der Waals surface area contributed by atoms with Crippen LogP contribution in [0.15, 0.2) is 24.1 Å². The minimum Gasteiger partial charge on any atom is -0.810 e. The topological polar surface area (TPSA) is 317 Å². The predicted octanol–water partition coefficient (Wildman–Crippen LogP) is -0.117. The van der Waals surface area contributed by atoms with Crippen LogP contribution in [0, 0.1) is 5.41 Å². The van der Waals surface area contributed by atoms with Gasteiger partial charge in [0.2, 0.25) is 0 Å². The molecule has 0 heterocycles. The summed E-state index contributed by atoms with van der Waals surface area (Å²) in [6.45, 7) is 11.8. The van der Waals surface area contributed by atoms with Crippen LogP contribution in [0.5, 0.6) is 0 Å². The Morgan fingerprint density at radius 2 is 1.42 bits per heavy atom. The third kappa shape index (κ3) is 28.7. The quantitative estimate of drug-likeness (QED) is 0.0627. The highest BCUT2D eigenvalue weighted by molar-refractivity contribution is 7.88. The van der Waals surface area contributed by atoms with E-state index in [1.54, 1.807) is 6.92 Å². The van der Waals surface area contributed by atoms with Gasteiger partial charge in [0.25, 0.3) is 10.1 Å². The molecule has 23 heteroatoms. The lowest BCUT2D eigenvalue weighted by atomic mass is 9.87. The summed E-state index contributed by atoms with van der Waals surface area (Å²) in [5.41, 5.74) is -0.933. The van der Waals surface area contributed by atoms with Crippen LogP contribution in [0.3, 0.4) is 0 Å². The largest absolute Gasteiger partial charge is 0.810 e. The standard InChI is InChI=1S/C12H25O8PS.C8H16O7P2.C2H4O3S/c1-5-10(22(16,17)18)9-12(2,3)11(13)20-7-6-8-21(14,15)19-4;1-7(2)8(9)15-4-3-5-16(10,11)6-17(12,13)14;1-2-6(3,4)5/h10H,5-9H2,1-4H3,(H,14,15)(H,16,17,18);1,3-6H2,2H3,(H,10,11)(H2,12,13,14);2H,1H2,(H,3,4,5)/p-5. The van der Waals surface area contributed by atoms with Gasteiger partial charge in [0.05, 0.1) is 23.9 Å². The van der Waals surface area contributed by atoms with Crippen molar-refractivity contribution in [3.8, 4) is 0 Å². The van der Waals surface area contributed by atoms with Crippen LogP contribution in [0.2, 0.25) is 0 Å². The van der Waals surface area contributed by atoms with E-state index in [1.165, 1.54) is 20.8 Å². The molecule has 0 saturated carbocycles. The Bertz CT molecular complexity index is 1320. The molecule has 0 aliphatic heterocycles. The summed E-state index contributed by atoms with van der Waals surface area (Å²) < 4.78 is 106. The van der Waals surface area contributed by atoms with Crippen LogP contribution in [0.4, 0.5) is 0 Å². The van der Waals surface area contributed by atoms with Crippen LogP contribution in [-0.2, 0) is 57.5 Å². The molecule has 3 unspecified atom stereocenters. The van der Waals surface area contributed by atoms with E-state index in [9.17, 15) is 64.2 Å². The molecular formula is C22H40O18P3S2-5. The van der Waals surface area contributed by atoms with Crippen molar-refractivity contribution in [1.82, 2.24) is 0 Å². The first kappa shape index (κ1) is 48.1. The van der Waals surface area contributed by atoms with Crippen molar-refractivity contribution in [2.45, 2.75) is 58.6 Å². The van der Waals surface area contributed by atoms with Gasteiger partial charge >= 0.3 is 11.9 Å². The van der Waals surface area contributed by atoms with Gasteiger partial charge in [-0.05, 0) is 52.6 Å². The minimum absolute atomic E-state index is 0.0558. The van der Waals surface area contributed by atoms with Gasteiger partial charge in [-0.3, -0.25) is 9.35 Å². The molecule has 0 saturated heterocycles. The lowest BCUT2D eigenvalue weighted by molar-refractivity contribution is -0.312. The molecule has 0 aromatic rings. The van der Waals surface area contributed by atoms with Crippen LogP contribution in [0.1, 0.15) is 53.4 Å². The van der Waals surface area contributed by atoms with E-state index in [4.69, 9.17) is 9.29 Å². The second-order valence-electron chi connectivity index (χ2n) is 9.86. The van der Waals surface area contributed by atoms with E-state index in [2.05, 4.69) is 22.4 Å². The zero-order valence-electron chi connectivity index (χ0n) is 25.5. The van der Waals surface area contributed by atoms with E-state index >= 15 is 0 Å². The maximum absolute atomic E-state index is 12.0. The fraction of sp³-hybridized carbons (Fsp3) is 0.727. The van der Waals surface area contributed by atoms with Crippen molar-refractivity contribution < 1.29 is 82.8 Å². The van der Waals surface area contributed by atoms with Gasteiger partial charge in [-0.25, -0.2) is 13.2 Å². The Labute approximate surface area is 263 Å². The maximum Gasteiger partial charge on any atom is 0.333 e. The van der Waals surface area contributed by atoms with Crippen LogP contribution >= 0.6 is 22.6 Å². The number of carbonyl (C=O) groups is 2. The summed E-state index contributed by atoms with van der Waals surface area (Å²) in [4.78, 5) is 65.6. The van der Waals surface area contributed by atoms with E-state index in [-0.39, 0.29) is 50.6 Å². The summed E-state index contributed by atoms with van der Waals surface area (Å²) in [6, 6.07) is 0. The smallest absolute Gasteiger partial charge is 0.333 e. The molecule has 0 aromatic carbocycles. The monoisotopic (exact) mass is 749 g/mol. The molecule has 0 amide bonds. The Kier molecular flexibility index (Phi) is 22.3. The second kappa shape index (κ2) is 20.9. The number of rotatable bonds is 18. The van der Waals surface area contributed by atoms with E-state index in [1.807, 2.05) is 0 Å². The van der Waals surface area contributed by atoms with Crippen LogP contribution in [-0.4, -0.2) is 81.7 Å². The maximum atomic E-state index is 12.0. The molecule has 0 aliphatic rings. The summed E-state index contributed by atoms with van der Waals surface area (Å²) in [7, 11) is -20.5. The molecule has 1 N–H and O–H groups in total. The Hall–Kier alpha value is -1.27. The van der Waals surface area contributed by atoms with Crippen molar-refractivity contribution in [2.24, 2.45) is 5.41 Å². The van der Waals surface area contributed by atoms with Gasteiger partial charge in [-0.1, -0.05) is 27.7 Å². The first-order chi connectivity index (χ1) is 19.9. The summed E-state index contributed by atoms with van der Waals surface area (Å²) >= 11 is 0. The molecule has 0 radical (unpaired) electrons. The van der Waals surface area contributed by atoms with Crippen molar-refractivity contribution in [3.05, 3.63) is 24.1 Å². The number of esters is 2. The average Bonchev–Trinajstić information content (AvgIpc) is 2.85. The highest BCUT2D eigenvalue weighted by Crippen LogP contribution is 2.47. The van der Waals surface area contributed by atoms with Gasteiger partial charge in [-0.2, -0.15) is 8.42 Å². The van der Waals surface area contributed by atoms with E-state index in [0.29, 0.717) is 5.41 Å². The molecule has 0 fully saturated rings. The third-order valence-electron chi connectivity index (χ3n) is 5.07. The van der Waals surface area contributed by atoms with Gasteiger partial charge in [0.1, 0.15) is 17.7 Å². The Morgan fingerprint density at radius 3 is 1.78 bits per heavy atom. The highest BCUT2D eigenvalue weighted by atomic mass is 32.2. The van der Waals surface area contributed by atoms with Gasteiger partial charge < -0.3 is 51.8 Å². The van der Waals surface area contributed by atoms with E-state index < -0.39 is 77.5 Å². The first-order valence-electron chi connectivity index (χ1n) is 12.7. The highest BCUT2D eigenvalue weighted by Gasteiger charge is 2.36. The molecule has 0 aromatic heterocycles. The fourth-order valence-corrected chi connectivity index (χ4v) is 7.79. The zero-order chi connectivity index (χ0) is 36.5. The molecule has 268 valence electrons. The molecule has 0 spiro atoms. The first-order valence-corrected chi connectivity index (χ1v) is 21.1. The summed E-state index contributed by atoms with van der Waals surface area (Å²) in [5.74, 6) is -2.68. The molecule has 0 bridgehead atoms. The van der Waals surface area contributed by atoms with Crippen molar-refractivity contribution in [2.75, 3.05) is 38.6 Å². The minimum atomic E-state index is -5.07. The SMILES string of the molecule is C=C(C)C(=O)OCCCP(=O)([O-])CP(=O)([O-])[O-].C=CS(=O)(=O)[O-].CCC(CC(C)(C)C(=O)OCCCP(=O)([O-])OC)S(=O)(=O)O. The van der Waals surface area contributed by atoms with Gasteiger partial charge in [0, 0.05) is 37.5 Å². The molecular weight excluding hydrogens is 709 g/mol. The lowest BCUT2D eigenvalue weighted by Gasteiger charge is -2.36. The molecule has 0 rings (SSSR count). The number of ether oxygens (including phenoxy) is 2. The fourth-order valence-electron chi connectivity index (χ4n) is 2.75. The average molecular weight is 750 g/mol. The molecule has 3 atom stereocenters. The lowest BCUT2D eigenvalue weighted by Crippen LogP contribution is -2.34. The number of hydrogen-bond acceptors (Lipinski definition) is 17. The van der Waals surface area contributed by atoms with Crippen molar-refractivity contribution >= 4 is 54.7 Å². The van der Waals surface area contributed by atoms with Crippen molar-refractivity contribution in [1.29, 1.82) is 0 Å². The van der Waals surface area contributed by atoms with Gasteiger partial charge in [0.15, 0.2) is 0 Å². The molecule has 45 heavy (non-hydrogen) atoms. The number of hydrogen-bond donors (Lipinski definition) is 1.